The average Bonchev–Trinajstić information content (AvgIpc) is 2.82. The van der Waals surface area contributed by atoms with Crippen LogP contribution in [0, 0.1) is 5.41 Å². The van der Waals surface area contributed by atoms with Crippen LogP contribution in [0.3, 0.4) is 0 Å². The van der Waals surface area contributed by atoms with Gasteiger partial charge in [0.25, 0.3) is 0 Å². The highest BCUT2D eigenvalue weighted by Gasteiger charge is 2.46. The van der Waals surface area contributed by atoms with Gasteiger partial charge in [-0.25, -0.2) is 4.79 Å². The first-order valence-electron chi connectivity index (χ1n) is 7.01. The maximum atomic E-state index is 12.5. The Hall–Kier alpha value is -1.84. The van der Waals surface area contributed by atoms with Gasteiger partial charge in [-0.3, -0.25) is 4.79 Å². The minimum Gasteiger partial charge on any atom is -0.465 e. The summed E-state index contributed by atoms with van der Waals surface area (Å²) < 4.78 is 4.76. The molecule has 1 aromatic carbocycles. The topological polar surface area (TPSA) is 46.6 Å². The van der Waals surface area contributed by atoms with E-state index in [0.717, 1.165) is 37.8 Å². The Morgan fingerprint density at radius 1 is 1.30 bits per heavy atom. The maximum Gasteiger partial charge on any atom is 0.337 e. The van der Waals surface area contributed by atoms with E-state index in [1.165, 1.54) is 12.7 Å². The summed E-state index contributed by atoms with van der Waals surface area (Å²) in [4.78, 5) is 26.0. The van der Waals surface area contributed by atoms with E-state index in [1.807, 2.05) is 24.1 Å². The molecule has 0 unspecified atom stereocenters. The van der Waals surface area contributed by atoms with Gasteiger partial charge >= 0.3 is 5.97 Å². The number of benzene rings is 1. The van der Waals surface area contributed by atoms with Crippen LogP contribution in [-0.2, 0) is 22.4 Å². The van der Waals surface area contributed by atoms with Gasteiger partial charge in [0.1, 0.15) is 0 Å². The molecule has 1 aromatic rings. The second-order valence-electron chi connectivity index (χ2n) is 5.94. The molecule has 106 valence electrons. The predicted octanol–water partition coefficient (Wildman–Crippen LogP) is 1.81. The molecule has 0 N–H and O–H groups in total. The number of fused-ring (bicyclic) bond motifs is 1. The first-order valence-corrected chi connectivity index (χ1v) is 7.01. The molecular weight excluding hydrogens is 254 g/mol. The van der Waals surface area contributed by atoms with Gasteiger partial charge in [-0.15, -0.1) is 0 Å². The molecular formula is C16H19NO3. The molecule has 1 heterocycles. The summed E-state index contributed by atoms with van der Waals surface area (Å²) in [7, 11) is 3.27. The Labute approximate surface area is 118 Å². The van der Waals surface area contributed by atoms with Crippen molar-refractivity contribution in [1.29, 1.82) is 0 Å². The second-order valence-corrected chi connectivity index (χ2v) is 5.94. The van der Waals surface area contributed by atoms with Crippen molar-refractivity contribution in [3.63, 3.8) is 0 Å². The predicted molar refractivity (Wildman–Crippen MR) is 74.5 cm³/mol. The number of carbonyl (C=O) groups is 2. The summed E-state index contributed by atoms with van der Waals surface area (Å²) in [5, 5.41) is 0. The molecule has 1 aliphatic carbocycles. The van der Waals surface area contributed by atoms with Gasteiger partial charge in [0.2, 0.25) is 5.91 Å². The number of ether oxygens (including phenoxy) is 1. The normalized spacial score (nSPS) is 24.9. The summed E-state index contributed by atoms with van der Waals surface area (Å²) in [6.07, 6.45) is 3.54. The van der Waals surface area contributed by atoms with Crippen LogP contribution in [0.2, 0.25) is 0 Å². The van der Waals surface area contributed by atoms with E-state index < -0.39 is 0 Å². The van der Waals surface area contributed by atoms with E-state index >= 15 is 0 Å². The summed E-state index contributed by atoms with van der Waals surface area (Å²) in [5.74, 6) is -0.0691. The third-order valence-electron chi connectivity index (χ3n) is 4.63. The van der Waals surface area contributed by atoms with Gasteiger partial charge in [-0.05, 0) is 48.9 Å². The van der Waals surface area contributed by atoms with Crippen molar-refractivity contribution >= 4 is 11.9 Å². The lowest BCUT2D eigenvalue weighted by Gasteiger charge is -2.37. The van der Waals surface area contributed by atoms with Crippen molar-refractivity contribution in [2.45, 2.75) is 25.7 Å². The van der Waals surface area contributed by atoms with Crippen LogP contribution in [0.5, 0.6) is 0 Å². The molecule has 0 bridgehead atoms. The van der Waals surface area contributed by atoms with Crippen molar-refractivity contribution in [1.82, 2.24) is 4.90 Å². The fraction of sp³-hybridized carbons (Fsp3) is 0.500. The van der Waals surface area contributed by atoms with Gasteiger partial charge in [0.15, 0.2) is 0 Å². The number of hydrogen-bond donors (Lipinski definition) is 0. The summed E-state index contributed by atoms with van der Waals surface area (Å²) >= 11 is 0. The van der Waals surface area contributed by atoms with Gasteiger partial charge in [-0.1, -0.05) is 6.07 Å². The molecule has 3 rings (SSSR count). The van der Waals surface area contributed by atoms with E-state index in [0.29, 0.717) is 5.56 Å². The van der Waals surface area contributed by atoms with Gasteiger partial charge < -0.3 is 9.64 Å². The van der Waals surface area contributed by atoms with Crippen molar-refractivity contribution in [2.75, 3.05) is 20.7 Å². The first-order chi connectivity index (χ1) is 9.55. The highest BCUT2D eigenvalue weighted by Crippen LogP contribution is 2.44. The number of hydrogen-bond acceptors (Lipinski definition) is 3. The maximum absolute atomic E-state index is 12.5. The number of nitrogens with zero attached hydrogens (tertiary/aromatic N) is 1. The zero-order chi connectivity index (χ0) is 14.3. The largest absolute Gasteiger partial charge is 0.465 e. The zero-order valence-electron chi connectivity index (χ0n) is 11.9. The fourth-order valence-electron chi connectivity index (χ4n) is 3.60. The Kier molecular flexibility index (Phi) is 3.04. The molecule has 1 amide bonds. The van der Waals surface area contributed by atoms with Crippen molar-refractivity contribution < 1.29 is 14.3 Å². The minimum atomic E-state index is -0.319. The van der Waals surface area contributed by atoms with Crippen LogP contribution < -0.4 is 0 Å². The van der Waals surface area contributed by atoms with Crippen LogP contribution in [0.25, 0.3) is 0 Å². The number of rotatable bonds is 1. The molecule has 4 nitrogen and oxygen atoms in total. The molecule has 1 saturated heterocycles. The van der Waals surface area contributed by atoms with Crippen LogP contribution in [-0.4, -0.2) is 37.5 Å². The molecule has 20 heavy (non-hydrogen) atoms. The second kappa shape index (κ2) is 4.62. The monoisotopic (exact) mass is 273 g/mol. The molecule has 2 aliphatic rings. The third-order valence-corrected chi connectivity index (χ3v) is 4.63. The number of carbonyl (C=O) groups excluding carboxylic acids is 2. The van der Waals surface area contributed by atoms with Crippen molar-refractivity contribution in [3.8, 4) is 0 Å². The van der Waals surface area contributed by atoms with Crippen LogP contribution in [0.15, 0.2) is 18.2 Å². The SMILES string of the molecule is COC(=O)c1ccc2c(c1)C[C@@]1(CCCN(C)C1=O)C2. The standard InChI is InChI=1S/C16H19NO3/c1-17-7-3-6-16(15(17)19)9-12-5-4-11(14(18)20-2)8-13(12)10-16/h4-5,8H,3,6-7,9-10H2,1-2H3/t16-/m1/s1. The molecule has 1 atom stereocenters. The van der Waals surface area contributed by atoms with Crippen molar-refractivity contribution in [3.05, 3.63) is 34.9 Å². The van der Waals surface area contributed by atoms with Crippen LogP contribution in [0.4, 0.5) is 0 Å². The first kappa shape index (κ1) is 13.2. The third kappa shape index (κ3) is 1.90. The van der Waals surface area contributed by atoms with E-state index in [9.17, 15) is 9.59 Å². The Bertz CT molecular complexity index is 581. The van der Waals surface area contributed by atoms with Gasteiger partial charge in [-0.2, -0.15) is 0 Å². The number of likely N-dealkylation sites (tertiary alicyclic amines) is 1. The molecule has 1 fully saturated rings. The van der Waals surface area contributed by atoms with Crippen molar-refractivity contribution in [2.24, 2.45) is 5.41 Å². The average molecular weight is 273 g/mol. The lowest BCUT2D eigenvalue weighted by atomic mass is 9.76. The number of esters is 1. The van der Waals surface area contributed by atoms with Gasteiger partial charge in [0.05, 0.1) is 18.1 Å². The summed E-state index contributed by atoms with van der Waals surface area (Å²) in [5.41, 5.74) is 2.61. The van der Waals surface area contributed by atoms with Crippen LogP contribution in [0.1, 0.15) is 34.3 Å². The fourth-order valence-corrected chi connectivity index (χ4v) is 3.60. The summed E-state index contributed by atoms with van der Waals surface area (Å²) in [6.45, 7) is 0.852. The minimum absolute atomic E-state index is 0.250. The Morgan fingerprint density at radius 2 is 2.05 bits per heavy atom. The lowest BCUT2D eigenvalue weighted by Crippen LogP contribution is -2.47. The molecule has 1 spiro atoms. The molecule has 1 aliphatic heterocycles. The number of amides is 1. The zero-order valence-corrected chi connectivity index (χ0v) is 11.9. The van der Waals surface area contributed by atoms with E-state index in [4.69, 9.17) is 4.74 Å². The molecule has 0 aromatic heterocycles. The highest BCUT2D eigenvalue weighted by molar-refractivity contribution is 5.90. The van der Waals surface area contributed by atoms with Crippen LogP contribution >= 0.6 is 0 Å². The Balaban J connectivity index is 1.92. The molecule has 0 radical (unpaired) electrons. The number of methoxy groups -OCH3 is 1. The quantitative estimate of drug-likeness (QED) is 0.733. The molecule has 0 saturated carbocycles. The summed E-state index contributed by atoms with van der Waals surface area (Å²) in [6, 6.07) is 5.65. The lowest BCUT2D eigenvalue weighted by molar-refractivity contribution is -0.144. The number of piperidine rings is 1. The smallest absolute Gasteiger partial charge is 0.337 e. The van der Waals surface area contributed by atoms with E-state index in [1.54, 1.807) is 6.07 Å². The van der Waals surface area contributed by atoms with E-state index in [-0.39, 0.29) is 17.3 Å². The molecule has 4 heteroatoms. The van der Waals surface area contributed by atoms with Gasteiger partial charge in [0, 0.05) is 13.6 Å². The Morgan fingerprint density at radius 3 is 2.80 bits per heavy atom. The van der Waals surface area contributed by atoms with E-state index in [2.05, 4.69) is 0 Å². The highest BCUT2D eigenvalue weighted by atomic mass is 16.5.